The lowest BCUT2D eigenvalue weighted by atomic mass is 10.0. The van der Waals surface area contributed by atoms with Crippen molar-refractivity contribution in [2.75, 3.05) is 11.0 Å². The number of aryl methyl sites for hydroxylation is 2. The minimum Gasteiger partial charge on any atom is -0.284 e. The number of nitrogens with one attached hydrogen (secondary N) is 1. The highest BCUT2D eigenvalue weighted by molar-refractivity contribution is 7.92. The van der Waals surface area contributed by atoms with Crippen molar-refractivity contribution in [1.29, 1.82) is 0 Å². The van der Waals surface area contributed by atoms with Crippen molar-refractivity contribution < 1.29 is 16.8 Å². The van der Waals surface area contributed by atoms with E-state index in [1.54, 1.807) is 26.0 Å². The fourth-order valence-corrected chi connectivity index (χ4v) is 4.00. The maximum atomic E-state index is 12.0. The largest absolute Gasteiger partial charge is 0.284 e. The third kappa shape index (κ3) is 6.46. The van der Waals surface area contributed by atoms with Gasteiger partial charge in [-0.2, -0.15) is 0 Å². The van der Waals surface area contributed by atoms with Gasteiger partial charge in [0, 0.05) is 5.69 Å². The van der Waals surface area contributed by atoms with Crippen LogP contribution in [0.2, 0.25) is 0 Å². The molecule has 26 heavy (non-hydrogen) atoms. The summed E-state index contributed by atoms with van der Waals surface area (Å²) >= 11 is 0. The summed E-state index contributed by atoms with van der Waals surface area (Å²) in [5.41, 5.74) is 3.59. The Hall–Kier alpha value is -1.86. The molecule has 0 atom stereocenters. The molecular formula is C19H25NO4S2. The summed E-state index contributed by atoms with van der Waals surface area (Å²) < 4.78 is 48.8. The monoisotopic (exact) mass is 395 g/mol. The van der Waals surface area contributed by atoms with Crippen molar-refractivity contribution >= 4 is 25.5 Å². The number of rotatable bonds is 8. The highest BCUT2D eigenvalue weighted by atomic mass is 32.2. The van der Waals surface area contributed by atoms with E-state index in [9.17, 15) is 16.8 Å². The van der Waals surface area contributed by atoms with Gasteiger partial charge in [0.1, 0.15) is 0 Å². The van der Waals surface area contributed by atoms with Crippen LogP contribution in [0.3, 0.4) is 0 Å². The summed E-state index contributed by atoms with van der Waals surface area (Å²) in [6.45, 7) is 3.39. The molecule has 0 saturated carbocycles. The van der Waals surface area contributed by atoms with E-state index in [-0.39, 0.29) is 11.0 Å². The maximum absolute atomic E-state index is 12.0. The number of benzene rings is 2. The van der Waals surface area contributed by atoms with Gasteiger partial charge >= 0.3 is 0 Å². The van der Waals surface area contributed by atoms with Crippen LogP contribution < -0.4 is 4.72 Å². The molecule has 0 amide bonds. The normalized spacial score (nSPS) is 12.3. The molecule has 7 heteroatoms. The molecule has 0 aliphatic rings. The third-order valence-electron chi connectivity index (χ3n) is 4.07. The quantitative estimate of drug-likeness (QED) is 0.744. The number of anilines is 1. The molecule has 0 bridgehead atoms. The van der Waals surface area contributed by atoms with Crippen LogP contribution in [0.25, 0.3) is 0 Å². The minimum absolute atomic E-state index is 0.0692. The molecule has 0 unspecified atom stereocenters. The zero-order valence-corrected chi connectivity index (χ0v) is 16.9. The van der Waals surface area contributed by atoms with Crippen LogP contribution in [0.5, 0.6) is 0 Å². The average Bonchev–Trinajstić information content (AvgIpc) is 2.54. The first-order valence-electron chi connectivity index (χ1n) is 8.41. The Labute approximate surface area is 156 Å². The molecule has 0 spiro atoms. The van der Waals surface area contributed by atoms with Gasteiger partial charge in [-0.05, 0) is 55.5 Å². The minimum atomic E-state index is -3.26. The Balaban J connectivity index is 1.94. The smallest absolute Gasteiger partial charge is 0.229 e. The first-order valence-corrected chi connectivity index (χ1v) is 12.0. The second-order valence-corrected chi connectivity index (χ2v) is 11.0. The average molecular weight is 396 g/mol. The Morgan fingerprint density at radius 3 is 1.62 bits per heavy atom. The van der Waals surface area contributed by atoms with Gasteiger partial charge in [-0.15, -0.1) is 0 Å². The van der Waals surface area contributed by atoms with Crippen molar-refractivity contribution in [2.45, 2.75) is 37.7 Å². The standard InChI is InChI=1S/C19H25NO4S2/c1-15(2)26(23,24)14-18-8-6-16(7-9-18)4-5-17-10-12-19(13-11-17)20-25(3,21)22/h6-13,15,20H,4-5,14H2,1-3H3. The number of hydrogen-bond acceptors (Lipinski definition) is 4. The zero-order chi connectivity index (χ0) is 19.4. The summed E-state index contributed by atoms with van der Waals surface area (Å²) in [6, 6.07) is 15.0. The summed E-state index contributed by atoms with van der Waals surface area (Å²) in [4.78, 5) is 0. The molecule has 0 aliphatic carbocycles. The van der Waals surface area contributed by atoms with Crippen LogP contribution in [0.15, 0.2) is 48.5 Å². The van der Waals surface area contributed by atoms with E-state index >= 15 is 0 Å². The summed E-state index contributed by atoms with van der Waals surface area (Å²) in [5, 5.41) is -0.373. The van der Waals surface area contributed by atoms with E-state index in [1.165, 1.54) is 0 Å². The molecule has 0 radical (unpaired) electrons. The van der Waals surface area contributed by atoms with E-state index < -0.39 is 19.9 Å². The van der Waals surface area contributed by atoms with E-state index in [0.29, 0.717) is 5.69 Å². The van der Waals surface area contributed by atoms with Crippen molar-refractivity contribution in [3.63, 3.8) is 0 Å². The lowest BCUT2D eigenvalue weighted by Gasteiger charge is -2.09. The van der Waals surface area contributed by atoms with Crippen LogP contribution in [0.4, 0.5) is 5.69 Å². The molecule has 0 fully saturated rings. The lowest BCUT2D eigenvalue weighted by Crippen LogP contribution is -2.15. The van der Waals surface area contributed by atoms with Crippen LogP contribution in [-0.4, -0.2) is 28.3 Å². The fourth-order valence-electron chi connectivity index (χ4n) is 2.44. The molecule has 2 aromatic rings. The second kappa shape index (κ2) is 8.22. The van der Waals surface area contributed by atoms with Gasteiger partial charge in [-0.3, -0.25) is 4.72 Å². The number of sulfone groups is 1. The Morgan fingerprint density at radius 2 is 1.19 bits per heavy atom. The topological polar surface area (TPSA) is 80.3 Å². The van der Waals surface area contributed by atoms with Gasteiger partial charge in [0.25, 0.3) is 0 Å². The molecular weight excluding hydrogens is 370 g/mol. The maximum Gasteiger partial charge on any atom is 0.229 e. The van der Waals surface area contributed by atoms with Crippen molar-refractivity contribution in [2.24, 2.45) is 0 Å². The van der Waals surface area contributed by atoms with Crippen LogP contribution in [-0.2, 0) is 38.5 Å². The first-order chi connectivity index (χ1) is 12.0. The Bertz CT molecular complexity index is 930. The predicted molar refractivity (Wildman–Crippen MR) is 107 cm³/mol. The summed E-state index contributed by atoms with van der Waals surface area (Å²) in [6.07, 6.45) is 2.77. The fraction of sp³-hybridized carbons (Fsp3) is 0.368. The second-order valence-electron chi connectivity index (χ2n) is 6.74. The van der Waals surface area contributed by atoms with Crippen molar-refractivity contribution in [1.82, 2.24) is 0 Å². The number of sulfonamides is 1. The first kappa shape index (κ1) is 20.5. The van der Waals surface area contributed by atoms with Crippen LogP contribution in [0, 0.1) is 0 Å². The van der Waals surface area contributed by atoms with Crippen LogP contribution >= 0.6 is 0 Å². The molecule has 0 saturated heterocycles. The lowest BCUT2D eigenvalue weighted by molar-refractivity contribution is 0.586. The third-order valence-corrected chi connectivity index (χ3v) is 6.85. The molecule has 2 aromatic carbocycles. The number of hydrogen-bond donors (Lipinski definition) is 1. The van der Waals surface area contributed by atoms with Crippen molar-refractivity contribution in [3.8, 4) is 0 Å². The van der Waals surface area contributed by atoms with Gasteiger partial charge in [0.05, 0.1) is 17.3 Å². The van der Waals surface area contributed by atoms with Crippen molar-refractivity contribution in [3.05, 3.63) is 65.2 Å². The molecule has 0 aliphatic heterocycles. The van der Waals surface area contributed by atoms with Gasteiger partial charge in [0.2, 0.25) is 10.0 Å². The van der Waals surface area contributed by atoms with Gasteiger partial charge in [-0.25, -0.2) is 16.8 Å². The Kier molecular flexibility index (Phi) is 6.47. The molecule has 2 rings (SSSR count). The molecule has 1 N–H and O–H groups in total. The molecule has 5 nitrogen and oxygen atoms in total. The van der Waals surface area contributed by atoms with Gasteiger partial charge < -0.3 is 0 Å². The predicted octanol–water partition coefficient (Wildman–Crippen LogP) is 3.17. The van der Waals surface area contributed by atoms with E-state index in [4.69, 9.17) is 0 Å². The summed E-state index contributed by atoms with van der Waals surface area (Å²) in [5.74, 6) is 0.0692. The summed E-state index contributed by atoms with van der Waals surface area (Å²) in [7, 11) is -6.35. The molecule has 142 valence electrons. The molecule has 0 aromatic heterocycles. The molecule has 0 heterocycles. The SMILES string of the molecule is CC(C)S(=O)(=O)Cc1ccc(CCc2ccc(NS(C)(=O)=O)cc2)cc1. The van der Waals surface area contributed by atoms with E-state index in [0.717, 1.165) is 35.8 Å². The van der Waals surface area contributed by atoms with Gasteiger partial charge in [0.15, 0.2) is 9.84 Å². The van der Waals surface area contributed by atoms with E-state index in [2.05, 4.69) is 4.72 Å². The van der Waals surface area contributed by atoms with Crippen LogP contribution in [0.1, 0.15) is 30.5 Å². The van der Waals surface area contributed by atoms with E-state index in [1.807, 2.05) is 36.4 Å². The highest BCUT2D eigenvalue weighted by Crippen LogP contribution is 2.15. The zero-order valence-electron chi connectivity index (χ0n) is 15.3. The van der Waals surface area contributed by atoms with Gasteiger partial charge in [-0.1, -0.05) is 36.4 Å². The highest BCUT2D eigenvalue weighted by Gasteiger charge is 2.16. The Morgan fingerprint density at radius 1 is 0.769 bits per heavy atom.